The van der Waals surface area contributed by atoms with Crippen molar-refractivity contribution >= 4 is 26.2 Å². The molecule has 0 amide bonds. The molecule has 0 aliphatic heterocycles. The predicted octanol–water partition coefficient (Wildman–Crippen LogP) is 3.08. The van der Waals surface area contributed by atoms with Crippen LogP contribution in [0.4, 0.5) is 5.69 Å². The zero-order valence-corrected chi connectivity index (χ0v) is 13.8. The summed E-state index contributed by atoms with van der Waals surface area (Å²) in [5.74, 6) is -0.776. The van der Waals surface area contributed by atoms with Gasteiger partial charge in [-0.25, -0.2) is 0 Å². The Labute approximate surface area is 126 Å². The standard InChI is InChI=1S/C15H23NO4Si/c1-4-21(19-13(2)17,20-14(3)18)12-8-11-16-15-9-6-5-7-10-15/h5-7,9-10,16H,4,8,11-12H2,1-3H3. The van der Waals surface area contributed by atoms with Crippen LogP contribution in [0, 0.1) is 0 Å². The van der Waals surface area contributed by atoms with Crippen LogP contribution in [0.3, 0.4) is 0 Å². The Bertz CT molecular complexity index is 448. The number of para-hydroxylation sites is 1. The van der Waals surface area contributed by atoms with Crippen molar-refractivity contribution < 1.29 is 18.4 Å². The van der Waals surface area contributed by atoms with Crippen LogP contribution in [0.2, 0.25) is 12.1 Å². The first kappa shape index (κ1) is 17.2. The van der Waals surface area contributed by atoms with Gasteiger partial charge in [-0.15, -0.1) is 0 Å². The highest BCUT2D eigenvalue weighted by Gasteiger charge is 2.41. The first-order valence-corrected chi connectivity index (χ1v) is 9.38. The second-order valence-electron chi connectivity index (χ2n) is 4.85. The van der Waals surface area contributed by atoms with Gasteiger partial charge in [0.15, 0.2) is 0 Å². The fraction of sp³-hybridized carbons (Fsp3) is 0.467. The molecule has 0 radical (unpaired) electrons. The summed E-state index contributed by atoms with van der Waals surface area (Å²) in [6.07, 6.45) is 0.773. The van der Waals surface area contributed by atoms with Crippen LogP contribution in [0.5, 0.6) is 0 Å². The van der Waals surface area contributed by atoms with Crippen LogP contribution in [-0.2, 0) is 18.4 Å². The summed E-state index contributed by atoms with van der Waals surface area (Å²) in [7, 11) is -2.77. The van der Waals surface area contributed by atoms with Gasteiger partial charge in [0.2, 0.25) is 0 Å². The van der Waals surface area contributed by atoms with E-state index in [1.54, 1.807) is 0 Å². The van der Waals surface area contributed by atoms with E-state index in [1.807, 2.05) is 37.3 Å². The molecule has 5 nitrogen and oxygen atoms in total. The maximum Gasteiger partial charge on any atom is 0.464 e. The summed E-state index contributed by atoms with van der Waals surface area (Å²) in [6.45, 7) is 5.33. The number of carbonyl (C=O) groups is 2. The van der Waals surface area contributed by atoms with E-state index in [0.717, 1.165) is 18.7 Å². The Morgan fingerprint density at radius 3 is 2.14 bits per heavy atom. The van der Waals surface area contributed by atoms with Gasteiger partial charge in [0.25, 0.3) is 11.9 Å². The molecule has 1 N–H and O–H groups in total. The fourth-order valence-electron chi connectivity index (χ4n) is 2.11. The van der Waals surface area contributed by atoms with Crippen molar-refractivity contribution in [2.45, 2.75) is 39.3 Å². The SMILES string of the molecule is CC[Si](CCCNc1ccccc1)(OC(C)=O)OC(C)=O. The van der Waals surface area contributed by atoms with Crippen LogP contribution in [-0.4, -0.2) is 27.0 Å². The van der Waals surface area contributed by atoms with Crippen LogP contribution < -0.4 is 5.32 Å². The average molecular weight is 309 g/mol. The van der Waals surface area contributed by atoms with Crippen molar-refractivity contribution in [2.75, 3.05) is 11.9 Å². The van der Waals surface area contributed by atoms with Crippen LogP contribution in [0.1, 0.15) is 27.2 Å². The Morgan fingerprint density at radius 2 is 1.67 bits per heavy atom. The summed E-state index contributed by atoms with van der Waals surface area (Å²) < 4.78 is 10.8. The molecule has 6 heteroatoms. The monoisotopic (exact) mass is 309 g/mol. The normalized spacial score (nSPS) is 10.8. The van der Waals surface area contributed by atoms with E-state index < -0.39 is 8.56 Å². The van der Waals surface area contributed by atoms with Crippen LogP contribution >= 0.6 is 0 Å². The highest BCUT2D eigenvalue weighted by molar-refractivity contribution is 6.70. The number of rotatable bonds is 8. The molecule has 0 aliphatic carbocycles. The second-order valence-corrected chi connectivity index (χ2v) is 8.28. The van der Waals surface area contributed by atoms with E-state index in [0.29, 0.717) is 12.1 Å². The molecule has 0 bridgehead atoms. The Balaban J connectivity index is 2.52. The quantitative estimate of drug-likeness (QED) is 0.590. The zero-order chi connectivity index (χ0) is 15.7. The first-order chi connectivity index (χ1) is 9.97. The molecule has 1 aromatic rings. The lowest BCUT2D eigenvalue weighted by atomic mass is 10.3. The Hall–Kier alpha value is -1.82. The number of carbonyl (C=O) groups excluding carboxylic acids is 2. The van der Waals surface area contributed by atoms with Gasteiger partial charge in [-0.1, -0.05) is 25.1 Å². The maximum absolute atomic E-state index is 11.3. The van der Waals surface area contributed by atoms with Gasteiger partial charge in [0.1, 0.15) is 0 Å². The molecule has 1 rings (SSSR count). The Kier molecular flexibility index (Phi) is 6.94. The van der Waals surface area contributed by atoms with Crippen molar-refractivity contribution in [2.24, 2.45) is 0 Å². The fourth-order valence-corrected chi connectivity index (χ4v) is 4.77. The topological polar surface area (TPSA) is 64.6 Å². The molecule has 0 spiro atoms. The number of anilines is 1. The number of nitrogens with one attached hydrogen (secondary N) is 1. The summed E-state index contributed by atoms with van der Waals surface area (Å²) in [5, 5.41) is 3.29. The van der Waals surface area contributed by atoms with Crippen molar-refractivity contribution in [1.29, 1.82) is 0 Å². The number of hydrogen-bond acceptors (Lipinski definition) is 5. The zero-order valence-electron chi connectivity index (χ0n) is 12.8. The number of benzene rings is 1. The van der Waals surface area contributed by atoms with Crippen molar-refractivity contribution in [3.8, 4) is 0 Å². The first-order valence-electron chi connectivity index (χ1n) is 7.15. The molecule has 116 valence electrons. The van der Waals surface area contributed by atoms with E-state index >= 15 is 0 Å². The number of hydrogen-bond donors (Lipinski definition) is 1. The van der Waals surface area contributed by atoms with E-state index in [-0.39, 0.29) is 11.9 Å². The van der Waals surface area contributed by atoms with Gasteiger partial charge in [0.05, 0.1) is 0 Å². The molecule has 0 atom stereocenters. The van der Waals surface area contributed by atoms with Gasteiger partial charge in [-0.2, -0.15) is 0 Å². The van der Waals surface area contributed by atoms with Gasteiger partial charge in [0, 0.05) is 38.2 Å². The third-order valence-electron chi connectivity index (χ3n) is 3.04. The third kappa shape index (κ3) is 6.44. The summed E-state index contributed by atoms with van der Waals surface area (Å²) in [4.78, 5) is 22.5. The minimum atomic E-state index is -2.77. The highest BCUT2D eigenvalue weighted by atomic mass is 28.4. The lowest BCUT2D eigenvalue weighted by molar-refractivity contribution is -0.139. The molecule has 0 heterocycles. The second kappa shape index (κ2) is 8.46. The minimum absolute atomic E-state index is 0.388. The van der Waals surface area contributed by atoms with Crippen molar-refractivity contribution in [3.63, 3.8) is 0 Å². The van der Waals surface area contributed by atoms with E-state index in [2.05, 4.69) is 5.32 Å². The summed E-state index contributed by atoms with van der Waals surface area (Å²) in [6, 6.07) is 11.0. The van der Waals surface area contributed by atoms with Crippen molar-refractivity contribution in [1.82, 2.24) is 0 Å². The van der Waals surface area contributed by atoms with Crippen LogP contribution in [0.25, 0.3) is 0 Å². The lowest BCUT2D eigenvalue weighted by Gasteiger charge is -2.27. The predicted molar refractivity (Wildman–Crippen MR) is 84.1 cm³/mol. The van der Waals surface area contributed by atoms with E-state index in [4.69, 9.17) is 8.85 Å². The van der Waals surface area contributed by atoms with Gasteiger partial charge >= 0.3 is 8.56 Å². The molecule has 1 aromatic carbocycles. The van der Waals surface area contributed by atoms with Crippen molar-refractivity contribution in [3.05, 3.63) is 30.3 Å². The smallest absolute Gasteiger partial charge is 0.464 e. The summed E-state index contributed by atoms with van der Waals surface area (Å²) in [5.41, 5.74) is 1.04. The molecule has 0 saturated carbocycles. The van der Waals surface area contributed by atoms with E-state index in [1.165, 1.54) is 13.8 Å². The largest absolute Gasteiger partial charge is 0.485 e. The maximum atomic E-state index is 11.3. The molecular weight excluding hydrogens is 286 g/mol. The van der Waals surface area contributed by atoms with Gasteiger partial charge in [-0.3, -0.25) is 9.59 Å². The minimum Gasteiger partial charge on any atom is -0.485 e. The third-order valence-corrected chi connectivity index (χ3v) is 6.55. The Morgan fingerprint density at radius 1 is 1.10 bits per heavy atom. The molecule has 0 saturated heterocycles. The lowest BCUT2D eigenvalue weighted by Crippen LogP contribution is -2.44. The van der Waals surface area contributed by atoms with Gasteiger partial charge < -0.3 is 14.2 Å². The molecule has 0 fully saturated rings. The highest BCUT2D eigenvalue weighted by Crippen LogP contribution is 2.21. The average Bonchev–Trinajstić information content (AvgIpc) is 2.43. The van der Waals surface area contributed by atoms with Gasteiger partial charge in [-0.05, 0) is 18.6 Å². The molecular formula is C15H23NO4Si. The van der Waals surface area contributed by atoms with E-state index in [9.17, 15) is 9.59 Å². The molecule has 0 unspecified atom stereocenters. The molecule has 0 aliphatic rings. The summed E-state index contributed by atoms with van der Waals surface area (Å²) >= 11 is 0. The molecule has 21 heavy (non-hydrogen) atoms. The van der Waals surface area contributed by atoms with Crippen LogP contribution in [0.15, 0.2) is 30.3 Å². The molecule has 0 aromatic heterocycles.